The van der Waals surface area contributed by atoms with Crippen molar-refractivity contribution in [3.8, 4) is 5.75 Å². The van der Waals surface area contributed by atoms with Gasteiger partial charge in [0, 0.05) is 0 Å². The van der Waals surface area contributed by atoms with Crippen LogP contribution in [0.15, 0.2) is 30.5 Å². The van der Waals surface area contributed by atoms with Crippen LogP contribution in [-0.2, 0) is 6.54 Å². The lowest BCUT2D eigenvalue weighted by molar-refractivity contribution is 0.277. The van der Waals surface area contributed by atoms with Crippen LogP contribution in [0.3, 0.4) is 0 Å². The molecule has 0 amide bonds. The number of ether oxygens (including phenoxy) is 1. The van der Waals surface area contributed by atoms with E-state index >= 15 is 0 Å². The van der Waals surface area contributed by atoms with Crippen LogP contribution in [0.1, 0.15) is 24.4 Å². The molecule has 2 aromatic rings. The summed E-state index contributed by atoms with van der Waals surface area (Å²) in [6.45, 7) is 2.80. The molecule has 0 saturated carbocycles. The molecule has 0 fully saturated rings. The molecule has 0 aliphatic rings. The molecule has 2 rings (SSSR count). The number of alkyl halides is 1. The smallest absolute Gasteiger partial charge is 0.165 e. The van der Waals surface area contributed by atoms with E-state index in [4.69, 9.17) is 16.3 Å². The number of aromatic nitrogens is 3. The van der Waals surface area contributed by atoms with Gasteiger partial charge in [0.25, 0.3) is 0 Å². The monoisotopic (exact) mass is 283 g/mol. The molecule has 1 aromatic carbocycles. The van der Waals surface area contributed by atoms with Gasteiger partial charge in [-0.3, -0.25) is 0 Å². The van der Waals surface area contributed by atoms with Gasteiger partial charge in [0.2, 0.25) is 0 Å². The van der Waals surface area contributed by atoms with E-state index in [9.17, 15) is 4.39 Å². The van der Waals surface area contributed by atoms with Crippen molar-refractivity contribution in [3.05, 3.63) is 42.0 Å². The zero-order chi connectivity index (χ0) is 13.7. The first kappa shape index (κ1) is 13.8. The lowest BCUT2D eigenvalue weighted by Crippen LogP contribution is -2.09. The van der Waals surface area contributed by atoms with Crippen LogP contribution in [0, 0.1) is 5.82 Å². The van der Waals surface area contributed by atoms with Crippen LogP contribution in [0.2, 0.25) is 0 Å². The Morgan fingerprint density at radius 2 is 2.21 bits per heavy atom. The van der Waals surface area contributed by atoms with E-state index in [0.717, 1.165) is 12.1 Å². The summed E-state index contributed by atoms with van der Waals surface area (Å²) >= 11 is 6.06. The molecule has 1 atom stereocenters. The standard InChI is InChI=1S/C13H15ClFN3O/c1-2-10(14)12-9-18(17-16-12)7-8-19-13-6-4-3-5-11(13)15/h3-6,9-10H,2,7-8H2,1H3. The molecule has 6 heteroatoms. The maximum Gasteiger partial charge on any atom is 0.165 e. The van der Waals surface area contributed by atoms with E-state index in [1.807, 2.05) is 6.92 Å². The quantitative estimate of drug-likeness (QED) is 0.765. The molecule has 0 radical (unpaired) electrons. The van der Waals surface area contributed by atoms with E-state index in [0.29, 0.717) is 13.2 Å². The summed E-state index contributed by atoms with van der Waals surface area (Å²) in [5.74, 6) is -0.125. The normalized spacial score (nSPS) is 12.4. The second-order valence-electron chi connectivity index (χ2n) is 4.06. The summed E-state index contributed by atoms with van der Waals surface area (Å²) in [5.41, 5.74) is 0.745. The van der Waals surface area contributed by atoms with E-state index in [1.54, 1.807) is 29.1 Å². The first-order valence-corrected chi connectivity index (χ1v) is 6.55. The van der Waals surface area contributed by atoms with E-state index < -0.39 is 0 Å². The minimum atomic E-state index is -0.367. The average Bonchev–Trinajstić information content (AvgIpc) is 2.89. The predicted octanol–water partition coefficient (Wildman–Crippen LogP) is 3.19. The molecule has 4 nitrogen and oxygen atoms in total. The van der Waals surface area contributed by atoms with Crippen LogP contribution < -0.4 is 4.74 Å². The molecule has 0 spiro atoms. The Kier molecular flexibility index (Phi) is 4.74. The summed E-state index contributed by atoms with van der Waals surface area (Å²) in [4.78, 5) is 0. The Morgan fingerprint density at radius 3 is 2.95 bits per heavy atom. The fraction of sp³-hybridized carbons (Fsp3) is 0.385. The fourth-order valence-electron chi connectivity index (χ4n) is 1.59. The molecule has 1 unspecified atom stereocenters. The number of hydrogen-bond donors (Lipinski definition) is 0. The number of halogens is 2. The summed E-state index contributed by atoms with van der Waals surface area (Å²) in [6.07, 6.45) is 2.58. The Morgan fingerprint density at radius 1 is 1.42 bits per heavy atom. The van der Waals surface area contributed by atoms with Crippen molar-refractivity contribution in [2.75, 3.05) is 6.61 Å². The van der Waals surface area contributed by atoms with Crippen molar-refractivity contribution in [3.63, 3.8) is 0 Å². The molecule has 0 saturated heterocycles. The van der Waals surface area contributed by atoms with Crippen LogP contribution in [0.25, 0.3) is 0 Å². The number of nitrogens with zero attached hydrogens (tertiary/aromatic N) is 3. The zero-order valence-corrected chi connectivity index (χ0v) is 11.3. The van der Waals surface area contributed by atoms with Crippen molar-refractivity contribution in [2.45, 2.75) is 25.3 Å². The highest BCUT2D eigenvalue weighted by Crippen LogP contribution is 2.20. The number of benzene rings is 1. The Balaban J connectivity index is 1.86. The molecule has 0 aliphatic heterocycles. The Labute approximate surface area is 116 Å². The largest absolute Gasteiger partial charge is 0.489 e. The summed E-state index contributed by atoms with van der Waals surface area (Å²) in [5, 5.41) is 7.80. The third-order valence-corrected chi connectivity index (χ3v) is 3.18. The van der Waals surface area contributed by atoms with E-state index in [2.05, 4.69) is 10.3 Å². The zero-order valence-electron chi connectivity index (χ0n) is 10.6. The topological polar surface area (TPSA) is 39.9 Å². The Hall–Kier alpha value is -1.62. The van der Waals surface area contributed by atoms with Crippen molar-refractivity contribution in [1.82, 2.24) is 15.0 Å². The lowest BCUT2D eigenvalue weighted by atomic mass is 10.3. The van der Waals surface area contributed by atoms with Gasteiger partial charge < -0.3 is 4.74 Å². The van der Waals surface area contributed by atoms with Crippen LogP contribution >= 0.6 is 11.6 Å². The molecular weight excluding hydrogens is 269 g/mol. The Bertz CT molecular complexity index is 532. The highest BCUT2D eigenvalue weighted by atomic mass is 35.5. The summed E-state index contributed by atoms with van der Waals surface area (Å²) < 4.78 is 20.3. The molecule has 0 aliphatic carbocycles. The predicted molar refractivity (Wildman–Crippen MR) is 70.8 cm³/mol. The van der Waals surface area contributed by atoms with Crippen LogP contribution in [0.5, 0.6) is 5.75 Å². The average molecular weight is 284 g/mol. The minimum absolute atomic E-state index is 0.124. The molecule has 1 heterocycles. The van der Waals surface area contributed by atoms with Crippen molar-refractivity contribution in [1.29, 1.82) is 0 Å². The van der Waals surface area contributed by atoms with Crippen LogP contribution in [0.4, 0.5) is 4.39 Å². The molecule has 0 bridgehead atoms. The van der Waals surface area contributed by atoms with Crippen LogP contribution in [-0.4, -0.2) is 21.6 Å². The minimum Gasteiger partial charge on any atom is -0.489 e. The highest BCUT2D eigenvalue weighted by molar-refractivity contribution is 6.20. The molecule has 1 aromatic heterocycles. The first-order valence-electron chi connectivity index (χ1n) is 6.12. The van der Waals surface area contributed by atoms with Gasteiger partial charge in [-0.25, -0.2) is 9.07 Å². The van der Waals surface area contributed by atoms with Gasteiger partial charge in [-0.2, -0.15) is 0 Å². The van der Waals surface area contributed by atoms with Crippen molar-refractivity contribution < 1.29 is 9.13 Å². The first-order chi connectivity index (χ1) is 9.20. The molecular formula is C13H15ClFN3O. The summed E-state index contributed by atoms with van der Waals surface area (Å²) in [6, 6.07) is 6.30. The second kappa shape index (κ2) is 6.52. The second-order valence-corrected chi connectivity index (χ2v) is 4.59. The van der Waals surface area contributed by atoms with Gasteiger partial charge in [0.15, 0.2) is 11.6 Å². The van der Waals surface area contributed by atoms with Gasteiger partial charge in [-0.15, -0.1) is 16.7 Å². The highest BCUT2D eigenvalue weighted by Gasteiger charge is 2.10. The SMILES string of the molecule is CCC(Cl)c1cn(CCOc2ccccc2F)nn1. The van der Waals surface area contributed by atoms with Crippen molar-refractivity contribution in [2.24, 2.45) is 0 Å². The van der Waals surface area contributed by atoms with Gasteiger partial charge in [-0.05, 0) is 18.6 Å². The van der Waals surface area contributed by atoms with Gasteiger partial charge >= 0.3 is 0 Å². The number of para-hydroxylation sites is 1. The maximum atomic E-state index is 13.3. The maximum absolute atomic E-state index is 13.3. The molecule has 102 valence electrons. The number of hydrogen-bond acceptors (Lipinski definition) is 3. The lowest BCUT2D eigenvalue weighted by Gasteiger charge is -2.06. The van der Waals surface area contributed by atoms with Crippen molar-refractivity contribution >= 4 is 11.6 Å². The van der Waals surface area contributed by atoms with E-state index in [-0.39, 0.29) is 16.9 Å². The molecule has 0 N–H and O–H groups in total. The van der Waals surface area contributed by atoms with Gasteiger partial charge in [-0.1, -0.05) is 24.3 Å². The summed E-state index contributed by atoms with van der Waals surface area (Å²) in [7, 11) is 0. The molecule has 19 heavy (non-hydrogen) atoms. The van der Waals surface area contributed by atoms with Gasteiger partial charge in [0.1, 0.15) is 12.3 Å². The third kappa shape index (κ3) is 3.67. The third-order valence-electron chi connectivity index (χ3n) is 2.65. The van der Waals surface area contributed by atoms with E-state index in [1.165, 1.54) is 6.07 Å². The fourth-order valence-corrected chi connectivity index (χ4v) is 1.69. The van der Waals surface area contributed by atoms with Gasteiger partial charge in [0.05, 0.1) is 18.1 Å². The number of rotatable bonds is 6.